The summed E-state index contributed by atoms with van der Waals surface area (Å²) in [5, 5.41) is 10.4. The Labute approximate surface area is 165 Å². The fourth-order valence-electron chi connectivity index (χ4n) is 4.05. The second-order valence-corrected chi connectivity index (χ2v) is 7.66. The molecule has 2 atom stereocenters. The van der Waals surface area contributed by atoms with Crippen molar-refractivity contribution in [3.05, 3.63) is 47.5 Å². The van der Waals surface area contributed by atoms with E-state index in [1.807, 2.05) is 38.1 Å². The largest absolute Gasteiger partial charge is 0.348 e. The molecule has 2 unspecified atom stereocenters. The number of imidazole rings is 1. The van der Waals surface area contributed by atoms with Crippen LogP contribution < -0.4 is 5.32 Å². The van der Waals surface area contributed by atoms with Crippen molar-refractivity contribution in [2.45, 2.75) is 70.3 Å². The van der Waals surface area contributed by atoms with Crippen LogP contribution >= 0.6 is 0 Å². The zero-order valence-electron chi connectivity index (χ0n) is 16.7. The fraction of sp³-hybridized carbons (Fsp3) is 0.500. The van der Waals surface area contributed by atoms with Gasteiger partial charge in [0.15, 0.2) is 0 Å². The number of nitrogens with zero attached hydrogens (tertiary/aromatic N) is 2. The molecule has 2 aliphatic rings. The van der Waals surface area contributed by atoms with Gasteiger partial charge in [-0.05, 0) is 50.3 Å². The lowest BCUT2D eigenvalue weighted by atomic mass is 9.85. The van der Waals surface area contributed by atoms with E-state index < -0.39 is 0 Å². The van der Waals surface area contributed by atoms with Gasteiger partial charge in [0.25, 0.3) is 5.91 Å². The average molecular weight is 380 g/mol. The summed E-state index contributed by atoms with van der Waals surface area (Å²) in [4.78, 5) is 20.7. The van der Waals surface area contributed by atoms with E-state index in [1.165, 1.54) is 12.8 Å². The minimum atomic E-state index is -0.0663. The van der Waals surface area contributed by atoms with Crippen molar-refractivity contribution in [1.29, 1.82) is 0 Å². The molecule has 5 rings (SSSR count). The molecule has 2 fully saturated rings. The molecule has 6 heteroatoms. The van der Waals surface area contributed by atoms with Crippen LogP contribution in [-0.2, 0) is 0 Å². The lowest BCUT2D eigenvalue weighted by Crippen LogP contribution is -2.38. The Balaban J connectivity index is 0.000000932. The Hall–Kier alpha value is -2.63. The first-order chi connectivity index (χ1) is 13.8. The first-order valence-corrected chi connectivity index (χ1v) is 10.6. The maximum absolute atomic E-state index is 12.5. The third-order valence-corrected chi connectivity index (χ3v) is 5.65. The molecule has 1 amide bonds. The Kier molecular flexibility index (Phi) is 5.46. The van der Waals surface area contributed by atoms with Crippen LogP contribution in [-0.4, -0.2) is 32.1 Å². The molecule has 148 valence electrons. The summed E-state index contributed by atoms with van der Waals surface area (Å²) in [5.41, 5.74) is 3.70. The predicted molar refractivity (Wildman–Crippen MR) is 110 cm³/mol. The Bertz CT molecular complexity index is 906. The summed E-state index contributed by atoms with van der Waals surface area (Å²) >= 11 is 0. The van der Waals surface area contributed by atoms with Crippen LogP contribution in [0.25, 0.3) is 11.0 Å². The van der Waals surface area contributed by atoms with Crippen molar-refractivity contribution in [2.75, 3.05) is 0 Å². The minimum Gasteiger partial charge on any atom is -0.348 e. The van der Waals surface area contributed by atoms with Crippen molar-refractivity contribution in [3.63, 3.8) is 0 Å². The normalized spacial score (nSPS) is 21.8. The number of hydrogen-bond acceptors (Lipinski definition) is 3. The number of H-pyrrole nitrogens is 2. The van der Waals surface area contributed by atoms with Crippen molar-refractivity contribution in [2.24, 2.45) is 0 Å². The zero-order valence-corrected chi connectivity index (χ0v) is 16.7. The van der Waals surface area contributed by atoms with Gasteiger partial charge >= 0.3 is 0 Å². The van der Waals surface area contributed by atoms with Crippen LogP contribution in [0.2, 0.25) is 0 Å². The Morgan fingerprint density at radius 2 is 1.93 bits per heavy atom. The summed E-state index contributed by atoms with van der Waals surface area (Å²) in [7, 11) is 0. The highest BCUT2D eigenvalue weighted by atomic mass is 16.2. The van der Waals surface area contributed by atoms with Crippen LogP contribution in [0, 0.1) is 0 Å². The van der Waals surface area contributed by atoms with Gasteiger partial charge in [-0.25, -0.2) is 4.98 Å². The first kappa shape index (κ1) is 18.7. The molecule has 2 aromatic heterocycles. The van der Waals surface area contributed by atoms with E-state index in [0.29, 0.717) is 17.5 Å². The number of rotatable bonds is 4. The van der Waals surface area contributed by atoms with Gasteiger partial charge in [-0.1, -0.05) is 32.4 Å². The topological polar surface area (TPSA) is 86.5 Å². The monoisotopic (exact) mass is 379 g/mol. The summed E-state index contributed by atoms with van der Waals surface area (Å²) in [6.45, 7) is 4.00. The third-order valence-electron chi connectivity index (χ3n) is 5.65. The number of para-hydroxylation sites is 2. The molecule has 28 heavy (non-hydrogen) atoms. The second-order valence-electron chi connectivity index (χ2n) is 7.66. The van der Waals surface area contributed by atoms with Gasteiger partial charge < -0.3 is 10.3 Å². The van der Waals surface area contributed by atoms with Gasteiger partial charge in [-0.3, -0.25) is 9.89 Å². The number of amides is 1. The van der Waals surface area contributed by atoms with Gasteiger partial charge in [0.1, 0.15) is 11.5 Å². The highest BCUT2D eigenvalue weighted by Crippen LogP contribution is 2.39. The van der Waals surface area contributed by atoms with Gasteiger partial charge in [0, 0.05) is 23.6 Å². The first-order valence-electron chi connectivity index (χ1n) is 10.6. The van der Waals surface area contributed by atoms with Crippen molar-refractivity contribution < 1.29 is 4.79 Å². The summed E-state index contributed by atoms with van der Waals surface area (Å²) in [6.07, 6.45) is 6.55. The lowest BCUT2D eigenvalue weighted by Gasteiger charge is -2.28. The fourth-order valence-corrected chi connectivity index (χ4v) is 4.05. The molecule has 0 bridgehead atoms. The van der Waals surface area contributed by atoms with Crippen molar-refractivity contribution >= 4 is 16.9 Å². The second kappa shape index (κ2) is 8.17. The molecule has 2 heterocycles. The molecule has 0 saturated heterocycles. The number of carbonyl (C=O) groups is 1. The molecule has 3 aromatic rings. The van der Waals surface area contributed by atoms with E-state index >= 15 is 0 Å². The quantitative estimate of drug-likeness (QED) is 0.617. The minimum absolute atomic E-state index is 0.0663. The van der Waals surface area contributed by atoms with Gasteiger partial charge in [-0.2, -0.15) is 5.10 Å². The number of aromatic amines is 2. The number of benzene rings is 1. The molecule has 0 aliphatic heterocycles. The van der Waals surface area contributed by atoms with E-state index in [9.17, 15) is 4.79 Å². The maximum atomic E-state index is 12.5. The van der Waals surface area contributed by atoms with E-state index in [2.05, 4.69) is 26.6 Å². The highest BCUT2D eigenvalue weighted by Gasteiger charge is 2.29. The molecule has 2 aliphatic carbocycles. The van der Waals surface area contributed by atoms with Crippen LogP contribution in [0.3, 0.4) is 0 Å². The van der Waals surface area contributed by atoms with Crippen LogP contribution in [0.5, 0.6) is 0 Å². The molecule has 3 N–H and O–H groups in total. The number of nitrogens with one attached hydrogen (secondary N) is 3. The molecule has 2 saturated carbocycles. The maximum Gasteiger partial charge on any atom is 0.271 e. The molecule has 0 spiro atoms. The molecule has 6 nitrogen and oxygen atoms in total. The SMILES string of the molecule is CC.O=C(NC1CCCC(c2nc3ccccc3[nH]2)C1)c1cc(C2CC2)[nH]n1. The number of hydrogen-bond donors (Lipinski definition) is 3. The van der Waals surface area contributed by atoms with Crippen molar-refractivity contribution in [1.82, 2.24) is 25.5 Å². The smallest absolute Gasteiger partial charge is 0.271 e. The van der Waals surface area contributed by atoms with Gasteiger partial charge in [0.2, 0.25) is 0 Å². The van der Waals surface area contributed by atoms with E-state index in [-0.39, 0.29) is 11.9 Å². The van der Waals surface area contributed by atoms with E-state index in [1.54, 1.807) is 0 Å². The van der Waals surface area contributed by atoms with Crippen molar-refractivity contribution in [3.8, 4) is 0 Å². The van der Waals surface area contributed by atoms with Crippen LogP contribution in [0.4, 0.5) is 0 Å². The molecular weight excluding hydrogens is 350 g/mol. The number of fused-ring (bicyclic) bond motifs is 1. The van der Waals surface area contributed by atoms with Crippen LogP contribution in [0.1, 0.15) is 86.2 Å². The van der Waals surface area contributed by atoms with Crippen LogP contribution in [0.15, 0.2) is 30.3 Å². The van der Waals surface area contributed by atoms with Gasteiger partial charge in [-0.15, -0.1) is 0 Å². The molecule has 1 aromatic carbocycles. The summed E-state index contributed by atoms with van der Waals surface area (Å²) in [6, 6.07) is 10.2. The summed E-state index contributed by atoms with van der Waals surface area (Å²) in [5.74, 6) is 1.92. The van der Waals surface area contributed by atoms with Gasteiger partial charge in [0.05, 0.1) is 11.0 Å². The summed E-state index contributed by atoms with van der Waals surface area (Å²) < 4.78 is 0. The van der Waals surface area contributed by atoms with E-state index in [0.717, 1.165) is 48.2 Å². The Morgan fingerprint density at radius 3 is 2.71 bits per heavy atom. The average Bonchev–Trinajstić information content (AvgIpc) is 3.30. The number of carbonyl (C=O) groups excluding carboxylic acids is 1. The highest BCUT2D eigenvalue weighted by molar-refractivity contribution is 5.92. The predicted octanol–water partition coefficient (Wildman–Crippen LogP) is 4.65. The lowest BCUT2D eigenvalue weighted by molar-refractivity contribution is 0.0919. The van der Waals surface area contributed by atoms with E-state index in [4.69, 9.17) is 4.98 Å². The standard InChI is InChI=1S/C20H23N5O.C2H6/c26-20(18-11-17(24-25-18)12-8-9-12)21-14-5-3-4-13(10-14)19-22-15-6-1-2-7-16(15)23-19;1-2/h1-2,6-7,11-14H,3-5,8-10H2,(H,21,26)(H,22,23)(H,24,25);1-2H3. The third kappa shape index (κ3) is 3.96. The number of aromatic nitrogens is 4. The molecular formula is C22H29N5O. The Morgan fingerprint density at radius 1 is 1.11 bits per heavy atom. The molecule has 0 radical (unpaired) electrons. The zero-order chi connectivity index (χ0) is 19.5.